The van der Waals surface area contributed by atoms with Crippen LogP contribution >= 0.6 is 0 Å². The molecule has 2 fully saturated rings. The molecule has 1 aliphatic heterocycles. The Morgan fingerprint density at radius 3 is 2.41 bits per heavy atom. The highest BCUT2D eigenvalue weighted by Crippen LogP contribution is 2.40. The fourth-order valence-electron chi connectivity index (χ4n) is 4.68. The number of hydrogen-bond acceptors (Lipinski definition) is 6. The monoisotopic (exact) mass is 476 g/mol. The maximum Gasteiger partial charge on any atom is 0.434 e. The summed E-state index contributed by atoms with van der Waals surface area (Å²) in [5, 5.41) is 3.08. The molecule has 3 aromatic rings. The Balaban J connectivity index is 1.38. The highest BCUT2D eigenvalue weighted by atomic mass is 19.4. The van der Waals surface area contributed by atoms with E-state index in [1.807, 2.05) is 0 Å². The number of fused-ring (bicyclic) bond motifs is 2. The molecule has 0 unspecified atom stereocenters. The van der Waals surface area contributed by atoms with Crippen LogP contribution in [0.25, 0.3) is 11.4 Å². The van der Waals surface area contributed by atoms with Crippen LogP contribution in [0.3, 0.4) is 0 Å². The predicted octanol–water partition coefficient (Wildman–Crippen LogP) is 3.95. The molecule has 0 spiro atoms. The maximum absolute atomic E-state index is 14.7. The average molecular weight is 476 g/mol. The molecule has 1 N–H and O–H groups in total. The van der Waals surface area contributed by atoms with Gasteiger partial charge in [0.15, 0.2) is 17.3 Å². The number of nitrogens with zero attached hydrogens (tertiary/aromatic N) is 5. The number of benzene rings is 1. The van der Waals surface area contributed by atoms with E-state index in [-0.39, 0.29) is 40.8 Å². The summed E-state index contributed by atoms with van der Waals surface area (Å²) in [6.07, 6.45) is 0.261. The number of anilines is 1. The minimum Gasteiger partial charge on any atom is -0.364 e. The number of piperidine rings is 1. The number of halogens is 5. The van der Waals surface area contributed by atoms with Gasteiger partial charge in [-0.1, -0.05) is 6.07 Å². The van der Waals surface area contributed by atoms with Crippen molar-refractivity contribution in [1.29, 1.82) is 0 Å². The van der Waals surface area contributed by atoms with E-state index >= 15 is 0 Å². The van der Waals surface area contributed by atoms with Gasteiger partial charge in [0.05, 0.1) is 42.0 Å². The molecule has 34 heavy (non-hydrogen) atoms. The molecule has 3 atom stereocenters. The van der Waals surface area contributed by atoms with Gasteiger partial charge in [0.25, 0.3) is 5.91 Å². The van der Waals surface area contributed by atoms with Crippen molar-refractivity contribution >= 4 is 11.7 Å². The van der Waals surface area contributed by atoms with Crippen LogP contribution in [0.1, 0.15) is 28.9 Å². The topological polar surface area (TPSA) is 83.9 Å². The van der Waals surface area contributed by atoms with Crippen LogP contribution in [0.5, 0.6) is 0 Å². The van der Waals surface area contributed by atoms with Gasteiger partial charge in [-0.2, -0.15) is 13.2 Å². The minimum atomic E-state index is -4.59. The van der Waals surface area contributed by atoms with E-state index in [1.54, 1.807) is 4.90 Å². The van der Waals surface area contributed by atoms with Crippen molar-refractivity contribution in [2.24, 2.45) is 5.92 Å². The number of aromatic nitrogens is 4. The molecule has 1 saturated carbocycles. The molecule has 12 heteroatoms. The largest absolute Gasteiger partial charge is 0.434 e. The third-order valence-corrected chi connectivity index (χ3v) is 6.11. The second-order valence-corrected chi connectivity index (χ2v) is 8.29. The molecule has 3 heterocycles. The fraction of sp³-hybridized carbons (Fsp3) is 0.318. The lowest BCUT2D eigenvalue weighted by Crippen LogP contribution is -2.48. The summed E-state index contributed by atoms with van der Waals surface area (Å²) in [6.45, 7) is 0.459. The molecule has 2 aromatic heterocycles. The second kappa shape index (κ2) is 8.26. The van der Waals surface area contributed by atoms with Crippen LogP contribution < -0.4 is 5.32 Å². The number of rotatable bonds is 4. The Morgan fingerprint density at radius 1 is 1.00 bits per heavy atom. The Kier molecular flexibility index (Phi) is 5.37. The molecule has 2 aliphatic rings. The number of carbonyl (C=O) groups is 1. The Labute approximate surface area is 190 Å². The van der Waals surface area contributed by atoms with E-state index in [9.17, 15) is 26.7 Å². The summed E-state index contributed by atoms with van der Waals surface area (Å²) in [7, 11) is 0. The molecule has 1 amide bonds. The van der Waals surface area contributed by atoms with Gasteiger partial charge in [-0.25, -0.2) is 28.7 Å². The third-order valence-electron chi connectivity index (χ3n) is 6.11. The summed E-state index contributed by atoms with van der Waals surface area (Å²) < 4.78 is 66.1. The first-order chi connectivity index (χ1) is 16.2. The highest BCUT2D eigenvalue weighted by Gasteiger charge is 2.47. The first-order valence-electron chi connectivity index (χ1n) is 10.4. The van der Waals surface area contributed by atoms with E-state index in [2.05, 4.69) is 25.3 Å². The molecule has 1 aromatic carbocycles. The Bertz CT molecular complexity index is 1220. The van der Waals surface area contributed by atoms with Crippen molar-refractivity contribution < 1.29 is 26.7 Å². The zero-order valence-electron chi connectivity index (χ0n) is 17.4. The first-order valence-corrected chi connectivity index (χ1v) is 10.4. The summed E-state index contributed by atoms with van der Waals surface area (Å²) in [6, 6.07) is 3.50. The molecule has 1 saturated heterocycles. The molecule has 176 valence electrons. The zero-order valence-corrected chi connectivity index (χ0v) is 17.4. The minimum absolute atomic E-state index is 0.0484. The van der Waals surface area contributed by atoms with Crippen molar-refractivity contribution in [2.75, 3.05) is 11.9 Å². The van der Waals surface area contributed by atoms with Gasteiger partial charge in [-0.15, -0.1) is 0 Å². The van der Waals surface area contributed by atoms with Crippen molar-refractivity contribution in [2.45, 2.75) is 31.1 Å². The van der Waals surface area contributed by atoms with Crippen LogP contribution in [0.2, 0.25) is 0 Å². The molecule has 7 nitrogen and oxygen atoms in total. The van der Waals surface area contributed by atoms with Crippen LogP contribution in [-0.2, 0) is 6.18 Å². The van der Waals surface area contributed by atoms with Crippen LogP contribution in [-0.4, -0.2) is 49.4 Å². The summed E-state index contributed by atoms with van der Waals surface area (Å²) in [4.78, 5) is 29.9. The molecule has 0 radical (unpaired) electrons. The van der Waals surface area contributed by atoms with E-state index in [0.717, 1.165) is 18.6 Å². The van der Waals surface area contributed by atoms with Gasteiger partial charge < -0.3 is 10.2 Å². The van der Waals surface area contributed by atoms with Crippen molar-refractivity contribution in [3.8, 4) is 11.4 Å². The maximum atomic E-state index is 14.7. The number of alkyl halides is 3. The van der Waals surface area contributed by atoms with Crippen LogP contribution in [0, 0.1) is 17.6 Å². The molecule has 2 bridgehead atoms. The van der Waals surface area contributed by atoms with Crippen LogP contribution in [0.4, 0.5) is 27.8 Å². The summed E-state index contributed by atoms with van der Waals surface area (Å²) >= 11 is 0. The zero-order chi connectivity index (χ0) is 24.0. The van der Waals surface area contributed by atoms with Crippen LogP contribution in [0.15, 0.2) is 43.0 Å². The van der Waals surface area contributed by atoms with Gasteiger partial charge in [-0.05, 0) is 30.9 Å². The lowest BCUT2D eigenvalue weighted by molar-refractivity contribution is -0.141. The number of nitrogens with one attached hydrogen (secondary N) is 1. The Morgan fingerprint density at radius 2 is 1.76 bits per heavy atom. The van der Waals surface area contributed by atoms with Gasteiger partial charge in [0, 0.05) is 12.6 Å². The van der Waals surface area contributed by atoms with Crippen molar-refractivity contribution in [3.05, 3.63) is 65.9 Å². The molecular weight excluding hydrogens is 459 g/mol. The highest BCUT2D eigenvalue weighted by molar-refractivity contribution is 6.00. The van der Waals surface area contributed by atoms with Crippen molar-refractivity contribution in [1.82, 2.24) is 24.8 Å². The van der Waals surface area contributed by atoms with Gasteiger partial charge in [-0.3, -0.25) is 4.79 Å². The summed E-state index contributed by atoms with van der Waals surface area (Å²) in [5.74, 6) is -1.60. The van der Waals surface area contributed by atoms with E-state index < -0.39 is 29.4 Å². The molecular formula is C22H17F5N6O. The van der Waals surface area contributed by atoms with Gasteiger partial charge in [0.1, 0.15) is 11.6 Å². The number of hydrogen-bond donors (Lipinski definition) is 1. The second-order valence-electron chi connectivity index (χ2n) is 8.29. The Hall–Kier alpha value is -3.70. The lowest BCUT2D eigenvalue weighted by atomic mass is 10.0. The lowest BCUT2D eigenvalue weighted by Gasteiger charge is -2.34. The van der Waals surface area contributed by atoms with Crippen molar-refractivity contribution in [3.63, 3.8) is 0 Å². The smallest absolute Gasteiger partial charge is 0.364 e. The standard InChI is InChI=1S/C22H17F5N6O/c23-12-6-30-20(31-7-12)19-13(2-1-3-14(19)24)21(34)33-10-11-4-15(16(33)5-11)32-18-9-28-17(8-29-18)22(25,26)27/h1-3,6-9,11,15-16H,4-5,10H2,(H,29,32)/t11-,15-,16+/m1/s1. The number of likely N-dealkylation sites (tertiary alicyclic amines) is 1. The fourth-order valence-corrected chi connectivity index (χ4v) is 4.68. The van der Waals surface area contributed by atoms with E-state index in [4.69, 9.17) is 0 Å². The SMILES string of the molecule is O=C(c1cccc(F)c1-c1ncc(F)cn1)N1C[C@@H]2C[C@@H](Nc3cnc(C(F)(F)F)cn3)[C@@H]1C2. The quantitative estimate of drug-likeness (QED) is 0.575. The van der Waals surface area contributed by atoms with Gasteiger partial charge >= 0.3 is 6.18 Å². The van der Waals surface area contributed by atoms with E-state index in [1.165, 1.54) is 18.2 Å². The summed E-state index contributed by atoms with van der Waals surface area (Å²) in [5.41, 5.74) is -1.16. The number of carbonyl (C=O) groups excluding carboxylic acids is 1. The molecule has 1 aliphatic carbocycles. The third kappa shape index (κ3) is 4.03. The molecule has 5 rings (SSSR count). The van der Waals surface area contributed by atoms with E-state index in [0.29, 0.717) is 25.6 Å². The number of amides is 1. The predicted molar refractivity (Wildman–Crippen MR) is 109 cm³/mol. The van der Waals surface area contributed by atoms with Gasteiger partial charge in [0.2, 0.25) is 0 Å². The first kappa shape index (κ1) is 22.1. The average Bonchev–Trinajstić information content (AvgIpc) is 3.40. The normalized spacial score (nSPS) is 21.7.